The minimum atomic E-state index is -0.648. The lowest BCUT2D eigenvalue weighted by Crippen LogP contribution is -2.11. The van der Waals surface area contributed by atoms with Gasteiger partial charge in [-0.3, -0.25) is 14.9 Å². The summed E-state index contributed by atoms with van der Waals surface area (Å²) in [5.74, 6) is -0.720. The quantitative estimate of drug-likeness (QED) is 0.361. The highest BCUT2D eigenvalue weighted by Crippen LogP contribution is 2.29. The van der Waals surface area contributed by atoms with Crippen molar-refractivity contribution in [3.8, 4) is 0 Å². The topological polar surface area (TPSA) is 114 Å². The third-order valence-electron chi connectivity index (χ3n) is 4.05. The van der Waals surface area contributed by atoms with Crippen molar-refractivity contribution in [1.82, 2.24) is 0 Å². The number of benzene rings is 2. The van der Waals surface area contributed by atoms with Crippen LogP contribution in [0.5, 0.6) is 0 Å². The second-order valence-electron chi connectivity index (χ2n) is 6.49. The minimum Gasteiger partial charge on any atom is -0.402 e. The second kappa shape index (κ2) is 7.93. The molecular formula is C20H18N4O5. The first-order valence-electron chi connectivity index (χ1n) is 8.61. The molecule has 0 fully saturated rings. The lowest BCUT2D eigenvalue weighted by molar-refractivity contribution is -0.384. The molecule has 0 radical (unpaired) electrons. The van der Waals surface area contributed by atoms with Crippen LogP contribution in [-0.2, 0) is 14.3 Å². The van der Waals surface area contributed by atoms with Gasteiger partial charge in [-0.2, -0.15) is 0 Å². The number of esters is 1. The molecule has 9 nitrogen and oxygen atoms in total. The van der Waals surface area contributed by atoms with Gasteiger partial charge in [0.2, 0.25) is 11.8 Å². The van der Waals surface area contributed by atoms with Crippen LogP contribution in [0.15, 0.2) is 53.2 Å². The number of carbonyl (C=O) groups is 2. The number of carbonyl (C=O) groups excluding carboxylic acids is 2. The number of nitro benzene ring substituents is 1. The molecule has 0 saturated carbocycles. The maximum atomic E-state index is 12.2. The van der Waals surface area contributed by atoms with Gasteiger partial charge in [0.15, 0.2) is 5.70 Å². The van der Waals surface area contributed by atoms with E-state index in [1.165, 1.54) is 19.1 Å². The first-order chi connectivity index (χ1) is 13.7. The molecule has 9 heteroatoms. The molecule has 2 aromatic carbocycles. The van der Waals surface area contributed by atoms with Crippen molar-refractivity contribution in [1.29, 1.82) is 0 Å². The zero-order valence-corrected chi connectivity index (χ0v) is 16.0. The predicted molar refractivity (Wildman–Crippen MR) is 109 cm³/mol. The molecule has 0 spiro atoms. The summed E-state index contributed by atoms with van der Waals surface area (Å²) in [5, 5.41) is 14.0. The second-order valence-corrected chi connectivity index (χ2v) is 6.49. The van der Waals surface area contributed by atoms with E-state index in [9.17, 15) is 19.7 Å². The largest absolute Gasteiger partial charge is 0.402 e. The Labute approximate surface area is 166 Å². The molecule has 0 aromatic heterocycles. The molecule has 3 rings (SSSR count). The van der Waals surface area contributed by atoms with Crippen LogP contribution in [0.3, 0.4) is 0 Å². The Kier molecular flexibility index (Phi) is 5.40. The Morgan fingerprint density at radius 1 is 1.21 bits per heavy atom. The summed E-state index contributed by atoms with van der Waals surface area (Å²) in [7, 11) is 3.42. The zero-order valence-electron chi connectivity index (χ0n) is 16.0. The third kappa shape index (κ3) is 4.46. The maximum Gasteiger partial charge on any atom is 0.363 e. The van der Waals surface area contributed by atoms with E-state index in [0.29, 0.717) is 22.5 Å². The van der Waals surface area contributed by atoms with Crippen LogP contribution in [0.25, 0.3) is 6.08 Å². The van der Waals surface area contributed by atoms with Gasteiger partial charge < -0.3 is 15.0 Å². The summed E-state index contributed by atoms with van der Waals surface area (Å²) in [6.07, 6.45) is 1.44. The van der Waals surface area contributed by atoms with E-state index in [0.717, 1.165) is 0 Å². The van der Waals surface area contributed by atoms with Crippen molar-refractivity contribution in [3.05, 3.63) is 69.4 Å². The first kappa shape index (κ1) is 19.7. The average Bonchev–Trinajstić information content (AvgIpc) is 3.02. The molecule has 0 aliphatic carbocycles. The van der Waals surface area contributed by atoms with E-state index in [-0.39, 0.29) is 23.2 Å². The number of anilines is 2. The van der Waals surface area contributed by atoms with Gasteiger partial charge >= 0.3 is 5.97 Å². The number of hydrogen-bond donors (Lipinski definition) is 1. The van der Waals surface area contributed by atoms with Crippen LogP contribution in [0.1, 0.15) is 18.1 Å². The smallest absolute Gasteiger partial charge is 0.363 e. The van der Waals surface area contributed by atoms with E-state index in [1.54, 1.807) is 55.4 Å². The fourth-order valence-corrected chi connectivity index (χ4v) is 2.74. The van der Waals surface area contributed by atoms with E-state index >= 15 is 0 Å². The summed E-state index contributed by atoms with van der Waals surface area (Å²) in [5.41, 5.74) is 2.04. The van der Waals surface area contributed by atoms with E-state index in [4.69, 9.17) is 4.74 Å². The molecule has 0 unspecified atom stereocenters. The number of hydrogen-bond acceptors (Lipinski definition) is 7. The van der Waals surface area contributed by atoms with Gasteiger partial charge in [0.25, 0.3) is 5.69 Å². The lowest BCUT2D eigenvalue weighted by atomic mass is 10.1. The highest BCUT2D eigenvalue weighted by atomic mass is 16.6. The van der Waals surface area contributed by atoms with Crippen molar-refractivity contribution < 1.29 is 19.2 Å². The minimum absolute atomic E-state index is 0.0397. The molecule has 0 atom stereocenters. The summed E-state index contributed by atoms with van der Waals surface area (Å²) in [6, 6.07) is 11.3. The highest BCUT2D eigenvalue weighted by molar-refractivity contribution is 6.13. The molecule has 0 saturated heterocycles. The molecular weight excluding hydrogens is 376 g/mol. The number of rotatable bonds is 5. The van der Waals surface area contributed by atoms with Crippen LogP contribution in [0.2, 0.25) is 0 Å². The van der Waals surface area contributed by atoms with Crippen molar-refractivity contribution in [3.63, 3.8) is 0 Å². The van der Waals surface area contributed by atoms with Gasteiger partial charge in [-0.25, -0.2) is 9.79 Å². The van der Waals surface area contributed by atoms with E-state index in [2.05, 4.69) is 10.3 Å². The predicted octanol–water partition coefficient (Wildman–Crippen LogP) is 2.96. The Balaban J connectivity index is 1.89. The molecule has 0 bridgehead atoms. The monoisotopic (exact) mass is 394 g/mol. The van der Waals surface area contributed by atoms with Crippen molar-refractivity contribution >= 4 is 40.9 Å². The van der Waals surface area contributed by atoms with E-state index < -0.39 is 10.9 Å². The molecule has 1 aliphatic rings. The molecule has 1 amide bonds. The van der Waals surface area contributed by atoms with Gasteiger partial charge in [-0.1, -0.05) is 6.07 Å². The van der Waals surface area contributed by atoms with Crippen LogP contribution in [0.4, 0.5) is 17.1 Å². The summed E-state index contributed by atoms with van der Waals surface area (Å²) < 4.78 is 5.21. The Bertz CT molecular complexity index is 1060. The molecule has 1 N–H and O–H groups in total. The number of nitro groups is 1. The van der Waals surface area contributed by atoms with Crippen molar-refractivity contribution in [2.45, 2.75) is 6.92 Å². The highest BCUT2D eigenvalue weighted by Gasteiger charge is 2.25. The summed E-state index contributed by atoms with van der Waals surface area (Å²) >= 11 is 0. The fraction of sp³-hybridized carbons (Fsp3) is 0.150. The third-order valence-corrected chi connectivity index (χ3v) is 4.05. The number of aliphatic imine (C=N–C) groups is 1. The Morgan fingerprint density at radius 2 is 1.90 bits per heavy atom. The molecule has 148 valence electrons. The number of nitrogens with zero attached hydrogens (tertiary/aromatic N) is 3. The van der Waals surface area contributed by atoms with Gasteiger partial charge in [-0.05, 0) is 42.0 Å². The van der Waals surface area contributed by atoms with Crippen molar-refractivity contribution in [2.75, 3.05) is 24.3 Å². The molecule has 1 aliphatic heterocycles. The molecule has 2 aromatic rings. The van der Waals surface area contributed by atoms with Gasteiger partial charge in [0.05, 0.1) is 4.92 Å². The van der Waals surface area contributed by atoms with Crippen LogP contribution >= 0.6 is 0 Å². The van der Waals surface area contributed by atoms with Gasteiger partial charge in [0.1, 0.15) is 5.69 Å². The Morgan fingerprint density at radius 3 is 2.48 bits per heavy atom. The maximum absolute atomic E-state index is 12.2. The Hall–Kier alpha value is -4.01. The van der Waals surface area contributed by atoms with E-state index in [1.807, 2.05) is 0 Å². The number of ether oxygens (including phenoxy) is 1. The van der Waals surface area contributed by atoms with Gasteiger partial charge in [0, 0.05) is 38.3 Å². The SMILES string of the molecule is CC(=O)Nc1ccc(C2=N/C(=C/c3ccc(N(C)C)c([N+](=O)[O-])c3)C(=O)O2)cc1. The zero-order chi connectivity index (χ0) is 21.1. The molecule has 1 heterocycles. The first-order valence-corrected chi connectivity index (χ1v) is 8.61. The fourth-order valence-electron chi connectivity index (χ4n) is 2.74. The molecule has 29 heavy (non-hydrogen) atoms. The summed E-state index contributed by atoms with van der Waals surface area (Å²) in [4.78, 5) is 39.9. The van der Waals surface area contributed by atoms with Gasteiger partial charge in [-0.15, -0.1) is 0 Å². The normalized spacial score (nSPS) is 14.4. The lowest BCUT2D eigenvalue weighted by Gasteiger charge is -2.12. The van der Waals surface area contributed by atoms with Crippen molar-refractivity contribution in [2.24, 2.45) is 4.99 Å². The van der Waals surface area contributed by atoms with Crippen LogP contribution in [0, 0.1) is 10.1 Å². The van der Waals surface area contributed by atoms with Crippen LogP contribution < -0.4 is 10.2 Å². The van der Waals surface area contributed by atoms with Crippen LogP contribution in [-0.4, -0.2) is 36.8 Å². The standard InChI is InChI=1S/C20H18N4O5/c1-12(25)21-15-7-5-14(6-8-15)19-22-16(20(26)29-19)10-13-4-9-17(23(2)3)18(11-13)24(27)28/h4-11H,1-3H3,(H,21,25)/b16-10+. The summed E-state index contributed by atoms with van der Waals surface area (Å²) in [6.45, 7) is 1.41. The number of amides is 1. The number of nitrogens with one attached hydrogen (secondary N) is 1. The average molecular weight is 394 g/mol. The number of cyclic esters (lactones) is 1.